The number of anilines is 1. The molecule has 6 heteroatoms. The highest BCUT2D eigenvalue weighted by atomic mass is 127. The lowest BCUT2D eigenvalue weighted by atomic mass is 10.1. The average Bonchev–Trinajstić information content (AvgIpc) is 2.51. The lowest BCUT2D eigenvalue weighted by Crippen LogP contribution is -2.32. The van der Waals surface area contributed by atoms with Crippen LogP contribution in [0.5, 0.6) is 0 Å². The minimum absolute atomic E-state index is 0.0715. The maximum Gasteiger partial charge on any atom is 0.238 e. The van der Waals surface area contributed by atoms with Gasteiger partial charge in [0.1, 0.15) is 11.6 Å². The van der Waals surface area contributed by atoms with Gasteiger partial charge in [0.15, 0.2) is 0 Å². The van der Waals surface area contributed by atoms with E-state index in [1.54, 1.807) is 18.9 Å². The molecule has 0 saturated carbocycles. The molecular weight excluding hydrogens is 413 g/mol. The largest absolute Gasteiger partial charge is 0.324 e. The molecule has 0 radical (unpaired) electrons. The van der Waals surface area contributed by atoms with Crippen molar-refractivity contribution in [3.05, 3.63) is 63.2 Å². The van der Waals surface area contributed by atoms with E-state index in [1.807, 2.05) is 24.3 Å². The van der Waals surface area contributed by atoms with E-state index < -0.39 is 17.7 Å². The van der Waals surface area contributed by atoms with Crippen LogP contribution in [0.15, 0.2) is 42.5 Å². The number of benzene rings is 2. The van der Waals surface area contributed by atoms with Crippen LogP contribution < -0.4 is 5.32 Å². The number of carbonyl (C=O) groups is 1. The molecule has 2 aromatic carbocycles. The Bertz CT molecular complexity index is 709. The third-order valence-corrected chi connectivity index (χ3v) is 4.55. The molecule has 0 bridgehead atoms. The molecule has 2 rings (SSSR count). The van der Waals surface area contributed by atoms with E-state index in [9.17, 15) is 13.6 Å². The highest BCUT2D eigenvalue weighted by Crippen LogP contribution is 2.23. The van der Waals surface area contributed by atoms with Crippen molar-refractivity contribution in [2.24, 2.45) is 0 Å². The van der Waals surface area contributed by atoms with Crippen molar-refractivity contribution < 1.29 is 13.6 Å². The molecule has 23 heavy (non-hydrogen) atoms. The number of rotatable bonds is 5. The summed E-state index contributed by atoms with van der Waals surface area (Å²) in [6.07, 6.45) is 0. The molecule has 0 saturated heterocycles. The Morgan fingerprint density at radius 2 is 1.96 bits per heavy atom. The summed E-state index contributed by atoms with van der Waals surface area (Å²) in [7, 11) is 1.70. The van der Waals surface area contributed by atoms with Gasteiger partial charge in [0, 0.05) is 15.2 Å². The Labute approximate surface area is 147 Å². The minimum Gasteiger partial charge on any atom is -0.324 e. The first-order valence-electron chi connectivity index (χ1n) is 7.08. The normalized spacial score (nSPS) is 12.3. The van der Waals surface area contributed by atoms with Gasteiger partial charge in [-0.05, 0) is 66.9 Å². The number of halogens is 3. The van der Waals surface area contributed by atoms with Crippen LogP contribution >= 0.6 is 22.6 Å². The molecule has 0 heterocycles. The second-order valence-corrected chi connectivity index (χ2v) is 6.45. The fourth-order valence-corrected chi connectivity index (χ4v) is 2.71. The summed E-state index contributed by atoms with van der Waals surface area (Å²) in [5, 5.41) is 2.82. The Hall–Kier alpha value is -1.54. The third kappa shape index (κ3) is 4.71. The van der Waals surface area contributed by atoms with Gasteiger partial charge in [-0.1, -0.05) is 12.1 Å². The fraction of sp³-hybridized carbons (Fsp3) is 0.235. The smallest absolute Gasteiger partial charge is 0.238 e. The van der Waals surface area contributed by atoms with Crippen LogP contribution in [0, 0.1) is 15.2 Å². The molecule has 0 spiro atoms. The van der Waals surface area contributed by atoms with E-state index in [4.69, 9.17) is 0 Å². The summed E-state index contributed by atoms with van der Waals surface area (Å²) in [5.74, 6) is -1.19. The van der Waals surface area contributed by atoms with Crippen molar-refractivity contribution >= 4 is 34.2 Å². The number of nitrogens with zero attached hydrogens (tertiary/aromatic N) is 1. The molecule has 0 aliphatic heterocycles. The Morgan fingerprint density at radius 3 is 2.65 bits per heavy atom. The maximum atomic E-state index is 13.8. The SMILES string of the molecule is CC(c1cc(F)ccc1F)N(C)CC(=O)Nc1ccccc1I. The summed E-state index contributed by atoms with van der Waals surface area (Å²) < 4.78 is 28.1. The average molecular weight is 430 g/mol. The van der Waals surface area contributed by atoms with Gasteiger partial charge in [0.2, 0.25) is 5.91 Å². The Balaban J connectivity index is 2.03. The van der Waals surface area contributed by atoms with Crippen LogP contribution in [-0.2, 0) is 4.79 Å². The molecule has 2 aromatic rings. The number of hydrogen-bond donors (Lipinski definition) is 1. The number of hydrogen-bond acceptors (Lipinski definition) is 2. The predicted octanol–water partition coefficient (Wildman–Crippen LogP) is 4.20. The van der Waals surface area contributed by atoms with E-state index >= 15 is 0 Å². The lowest BCUT2D eigenvalue weighted by Gasteiger charge is -2.25. The summed E-state index contributed by atoms with van der Waals surface area (Å²) in [4.78, 5) is 13.8. The van der Waals surface area contributed by atoms with Gasteiger partial charge >= 0.3 is 0 Å². The molecule has 0 aliphatic rings. The maximum absolute atomic E-state index is 13.8. The Morgan fingerprint density at radius 1 is 1.26 bits per heavy atom. The number of carbonyl (C=O) groups excluding carboxylic acids is 1. The topological polar surface area (TPSA) is 32.3 Å². The number of likely N-dealkylation sites (N-methyl/N-ethyl adjacent to an activating group) is 1. The quantitative estimate of drug-likeness (QED) is 0.722. The molecule has 0 aromatic heterocycles. The molecule has 0 aliphatic carbocycles. The fourth-order valence-electron chi connectivity index (χ4n) is 2.19. The summed E-state index contributed by atoms with van der Waals surface area (Å²) in [6, 6.07) is 10.3. The van der Waals surface area contributed by atoms with E-state index in [1.165, 1.54) is 0 Å². The van der Waals surface area contributed by atoms with Crippen LogP contribution in [0.2, 0.25) is 0 Å². The van der Waals surface area contributed by atoms with Gasteiger partial charge in [0.05, 0.1) is 12.2 Å². The third-order valence-electron chi connectivity index (χ3n) is 3.61. The molecule has 1 N–H and O–H groups in total. The van der Waals surface area contributed by atoms with Crippen molar-refractivity contribution in [1.29, 1.82) is 0 Å². The van der Waals surface area contributed by atoms with Gasteiger partial charge in [-0.3, -0.25) is 9.69 Å². The second-order valence-electron chi connectivity index (χ2n) is 5.28. The molecule has 122 valence electrons. The van der Waals surface area contributed by atoms with Crippen molar-refractivity contribution in [3.63, 3.8) is 0 Å². The zero-order valence-corrected chi connectivity index (χ0v) is 15.0. The van der Waals surface area contributed by atoms with E-state index in [-0.39, 0.29) is 18.0 Å². The Kier molecular flexibility index (Phi) is 6.06. The van der Waals surface area contributed by atoms with Gasteiger partial charge < -0.3 is 5.32 Å². The lowest BCUT2D eigenvalue weighted by molar-refractivity contribution is -0.117. The first kappa shape index (κ1) is 17.8. The molecular formula is C17H17F2IN2O. The zero-order chi connectivity index (χ0) is 17.0. The summed E-state index contributed by atoms with van der Waals surface area (Å²) in [5.41, 5.74) is 0.964. The molecule has 0 fully saturated rings. The van der Waals surface area contributed by atoms with E-state index in [0.717, 1.165) is 27.5 Å². The van der Waals surface area contributed by atoms with E-state index in [2.05, 4.69) is 27.9 Å². The molecule has 3 nitrogen and oxygen atoms in total. The monoisotopic (exact) mass is 430 g/mol. The number of nitrogens with one attached hydrogen (secondary N) is 1. The van der Waals surface area contributed by atoms with Gasteiger partial charge in [0.25, 0.3) is 0 Å². The molecule has 1 atom stereocenters. The van der Waals surface area contributed by atoms with Crippen molar-refractivity contribution in [2.75, 3.05) is 18.9 Å². The van der Waals surface area contributed by atoms with Crippen LogP contribution in [0.25, 0.3) is 0 Å². The minimum atomic E-state index is -0.495. The summed E-state index contributed by atoms with van der Waals surface area (Å²) >= 11 is 2.14. The summed E-state index contributed by atoms with van der Waals surface area (Å²) in [6.45, 7) is 1.81. The first-order valence-corrected chi connectivity index (χ1v) is 8.16. The number of amides is 1. The van der Waals surface area contributed by atoms with Gasteiger partial charge in [-0.15, -0.1) is 0 Å². The first-order chi connectivity index (χ1) is 10.9. The van der Waals surface area contributed by atoms with Gasteiger partial charge in [-0.25, -0.2) is 8.78 Å². The highest BCUT2D eigenvalue weighted by Gasteiger charge is 2.19. The second kappa shape index (κ2) is 7.83. The predicted molar refractivity (Wildman–Crippen MR) is 95.2 cm³/mol. The van der Waals surface area contributed by atoms with Crippen LogP contribution in [-0.4, -0.2) is 24.4 Å². The standard InChI is InChI=1S/C17H17F2IN2O/c1-11(13-9-12(18)7-8-14(13)19)22(2)10-17(23)21-16-6-4-3-5-15(16)20/h3-9,11H,10H2,1-2H3,(H,21,23). The molecule has 1 unspecified atom stereocenters. The van der Waals surface area contributed by atoms with Crippen molar-refractivity contribution in [2.45, 2.75) is 13.0 Å². The number of para-hydroxylation sites is 1. The van der Waals surface area contributed by atoms with E-state index in [0.29, 0.717) is 0 Å². The van der Waals surface area contributed by atoms with Crippen LogP contribution in [0.4, 0.5) is 14.5 Å². The zero-order valence-electron chi connectivity index (χ0n) is 12.8. The van der Waals surface area contributed by atoms with Crippen molar-refractivity contribution in [3.8, 4) is 0 Å². The molecule has 1 amide bonds. The van der Waals surface area contributed by atoms with Crippen LogP contribution in [0.3, 0.4) is 0 Å². The van der Waals surface area contributed by atoms with Gasteiger partial charge in [-0.2, -0.15) is 0 Å². The van der Waals surface area contributed by atoms with Crippen LogP contribution in [0.1, 0.15) is 18.5 Å². The highest BCUT2D eigenvalue weighted by molar-refractivity contribution is 14.1. The van der Waals surface area contributed by atoms with Crippen molar-refractivity contribution in [1.82, 2.24) is 4.90 Å².